The van der Waals surface area contributed by atoms with Gasteiger partial charge >= 0.3 is 4.87 Å². The number of carbonyl (C=O) groups is 2. The van der Waals surface area contributed by atoms with Gasteiger partial charge in [0, 0.05) is 10.8 Å². The number of thiazole rings is 1. The van der Waals surface area contributed by atoms with E-state index in [1.807, 2.05) is 48.5 Å². The van der Waals surface area contributed by atoms with E-state index < -0.39 is 11.2 Å². The number of amides is 2. The molecule has 5 nitrogen and oxygen atoms in total. The van der Waals surface area contributed by atoms with E-state index in [0.717, 1.165) is 21.8 Å². The summed E-state index contributed by atoms with van der Waals surface area (Å²) in [6.07, 6.45) is 0. The van der Waals surface area contributed by atoms with Crippen LogP contribution in [0.25, 0.3) is 0 Å². The van der Waals surface area contributed by atoms with Gasteiger partial charge in [-0.3, -0.25) is 14.4 Å². The van der Waals surface area contributed by atoms with Gasteiger partial charge in [-0.25, -0.2) is 4.90 Å². The van der Waals surface area contributed by atoms with Crippen molar-refractivity contribution in [2.45, 2.75) is 16.2 Å². The number of carbonyl (C=O) groups excluding carboxylic acids is 2. The van der Waals surface area contributed by atoms with Crippen molar-refractivity contribution in [3.8, 4) is 0 Å². The van der Waals surface area contributed by atoms with Crippen LogP contribution in [0.1, 0.15) is 16.4 Å². The quantitative estimate of drug-likeness (QED) is 0.678. The van der Waals surface area contributed by atoms with E-state index in [4.69, 9.17) is 0 Å². The molecule has 3 heterocycles. The number of hydrogen-bond donors (Lipinski definition) is 1. The largest absolute Gasteiger partial charge is 0.307 e. The van der Waals surface area contributed by atoms with Crippen LogP contribution in [0.3, 0.4) is 0 Å². The highest BCUT2D eigenvalue weighted by molar-refractivity contribution is 8.00. The van der Waals surface area contributed by atoms with E-state index in [1.165, 1.54) is 16.7 Å². The van der Waals surface area contributed by atoms with Crippen LogP contribution in [-0.2, 0) is 9.59 Å². The number of fused-ring (bicyclic) bond motifs is 2. The molecule has 3 aromatic rings. The number of H-pyrrole nitrogens is 1. The Balaban J connectivity index is 1.67. The Morgan fingerprint density at radius 2 is 1.52 bits per heavy atom. The van der Waals surface area contributed by atoms with Gasteiger partial charge in [-0.2, -0.15) is 0 Å². The topological polar surface area (TPSA) is 70.2 Å². The zero-order valence-corrected chi connectivity index (χ0v) is 15.6. The molecular formula is C20H14N2O3S2. The summed E-state index contributed by atoms with van der Waals surface area (Å²) in [6.45, 7) is 0. The molecule has 2 aliphatic rings. The molecule has 2 amide bonds. The Hall–Kier alpha value is -2.64. The van der Waals surface area contributed by atoms with Crippen molar-refractivity contribution in [3.63, 3.8) is 0 Å². The molecule has 0 saturated carbocycles. The molecule has 0 unspecified atom stereocenters. The average Bonchev–Trinajstić information content (AvgIpc) is 3.18. The van der Waals surface area contributed by atoms with Gasteiger partial charge in [-0.15, -0.1) is 0 Å². The molecule has 1 N–H and O–H groups in total. The molecule has 7 heteroatoms. The Labute approximate surface area is 163 Å². The summed E-state index contributed by atoms with van der Waals surface area (Å²) in [5.41, 5.74) is 1.53. The monoisotopic (exact) mass is 394 g/mol. The van der Waals surface area contributed by atoms with Crippen molar-refractivity contribution >= 4 is 40.6 Å². The zero-order chi connectivity index (χ0) is 18.5. The van der Waals surface area contributed by atoms with Crippen LogP contribution in [0.15, 0.2) is 70.5 Å². The Morgan fingerprint density at radius 3 is 2.22 bits per heavy atom. The molecule has 27 heavy (non-hydrogen) atoms. The fourth-order valence-corrected chi connectivity index (χ4v) is 6.38. The number of aromatic nitrogens is 1. The molecule has 2 aliphatic heterocycles. The van der Waals surface area contributed by atoms with Gasteiger partial charge in [0.2, 0.25) is 11.8 Å². The second-order valence-corrected chi connectivity index (χ2v) is 8.67. The van der Waals surface area contributed by atoms with Gasteiger partial charge in [0.15, 0.2) is 0 Å². The second-order valence-electron chi connectivity index (χ2n) is 6.51. The number of para-hydroxylation sites is 1. The predicted molar refractivity (Wildman–Crippen MR) is 105 cm³/mol. The summed E-state index contributed by atoms with van der Waals surface area (Å²) in [6, 6.07) is 18.7. The molecule has 1 aromatic heterocycles. The lowest BCUT2D eigenvalue weighted by Gasteiger charge is -2.29. The summed E-state index contributed by atoms with van der Waals surface area (Å²) in [4.78, 5) is 43.3. The van der Waals surface area contributed by atoms with E-state index >= 15 is 0 Å². The van der Waals surface area contributed by atoms with Crippen LogP contribution in [-0.4, -0.2) is 22.0 Å². The van der Waals surface area contributed by atoms with Gasteiger partial charge in [-0.05, 0) is 17.7 Å². The van der Waals surface area contributed by atoms with E-state index in [2.05, 4.69) is 4.98 Å². The van der Waals surface area contributed by atoms with Crippen molar-refractivity contribution < 1.29 is 9.59 Å². The summed E-state index contributed by atoms with van der Waals surface area (Å²) in [5, 5.41) is 0.164. The lowest BCUT2D eigenvalue weighted by Crippen LogP contribution is -2.32. The van der Waals surface area contributed by atoms with Crippen LogP contribution in [0, 0.1) is 5.92 Å². The summed E-state index contributed by atoms with van der Waals surface area (Å²) >= 11 is 2.43. The zero-order valence-electron chi connectivity index (χ0n) is 14.0. The molecule has 0 aliphatic carbocycles. The highest BCUT2D eigenvalue weighted by atomic mass is 32.2. The first-order valence-corrected chi connectivity index (χ1v) is 10.2. The molecule has 0 spiro atoms. The summed E-state index contributed by atoms with van der Waals surface area (Å²) in [5.74, 6) is -1.26. The number of thioether (sulfide) groups is 1. The third kappa shape index (κ3) is 2.49. The van der Waals surface area contributed by atoms with Gasteiger partial charge in [-0.1, -0.05) is 71.6 Å². The van der Waals surface area contributed by atoms with Gasteiger partial charge < -0.3 is 4.98 Å². The van der Waals surface area contributed by atoms with Gasteiger partial charge in [0.05, 0.1) is 16.6 Å². The van der Waals surface area contributed by atoms with E-state index in [9.17, 15) is 14.4 Å². The van der Waals surface area contributed by atoms with E-state index in [1.54, 1.807) is 12.1 Å². The lowest BCUT2D eigenvalue weighted by atomic mass is 9.83. The first-order chi connectivity index (χ1) is 13.1. The number of aromatic amines is 1. The lowest BCUT2D eigenvalue weighted by molar-refractivity contribution is -0.122. The van der Waals surface area contributed by atoms with Crippen molar-refractivity contribution in [3.05, 3.63) is 80.8 Å². The number of benzene rings is 2. The normalized spacial score (nSPS) is 24.0. The predicted octanol–water partition coefficient (Wildman–Crippen LogP) is 3.23. The minimum atomic E-state index is -0.541. The van der Waals surface area contributed by atoms with Crippen LogP contribution in [0.4, 0.5) is 5.69 Å². The highest BCUT2D eigenvalue weighted by Gasteiger charge is 2.56. The standard InChI is InChI=1S/C20H14N2O3S2/c23-18-14-13(11-7-3-1-4-8-11)15-17(21-20(25)27-15)26-16(14)19(24)22(18)12-9-5-2-6-10-12/h1-10,13-14,16H,(H,21,25)/t13-,14-,16+/m1/s1. The molecule has 0 radical (unpaired) electrons. The highest BCUT2D eigenvalue weighted by Crippen LogP contribution is 2.52. The van der Waals surface area contributed by atoms with Crippen molar-refractivity contribution in [2.75, 3.05) is 4.90 Å². The second kappa shape index (κ2) is 6.21. The fourth-order valence-electron chi connectivity index (χ4n) is 3.87. The Kier molecular flexibility index (Phi) is 3.80. The summed E-state index contributed by atoms with van der Waals surface area (Å²) in [7, 11) is 0. The number of nitrogens with zero attached hydrogens (tertiary/aromatic N) is 1. The molecule has 0 bridgehead atoms. The maximum absolute atomic E-state index is 13.4. The molecular weight excluding hydrogens is 380 g/mol. The smallest absolute Gasteiger partial charge is 0.305 e. The Morgan fingerprint density at radius 1 is 0.852 bits per heavy atom. The first-order valence-electron chi connectivity index (χ1n) is 8.52. The van der Waals surface area contributed by atoms with Crippen molar-refractivity contribution in [1.82, 2.24) is 4.98 Å². The van der Waals surface area contributed by atoms with E-state index in [0.29, 0.717) is 10.7 Å². The van der Waals surface area contributed by atoms with Crippen LogP contribution in [0.5, 0.6) is 0 Å². The minimum Gasteiger partial charge on any atom is -0.307 e. The molecule has 5 rings (SSSR count). The van der Waals surface area contributed by atoms with Crippen LogP contribution in [0.2, 0.25) is 0 Å². The third-order valence-corrected chi connectivity index (χ3v) is 7.40. The van der Waals surface area contributed by atoms with Gasteiger partial charge in [0.1, 0.15) is 5.25 Å². The van der Waals surface area contributed by atoms with E-state index in [-0.39, 0.29) is 22.6 Å². The molecule has 1 saturated heterocycles. The number of anilines is 1. The number of rotatable bonds is 2. The minimum absolute atomic E-state index is 0.159. The molecule has 1 fully saturated rings. The maximum Gasteiger partial charge on any atom is 0.305 e. The number of nitrogens with one attached hydrogen (secondary N) is 1. The van der Waals surface area contributed by atoms with Crippen molar-refractivity contribution in [1.29, 1.82) is 0 Å². The van der Waals surface area contributed by atoms with Crippen LogP contribution < -0.4 is 9.77 Å². The maximum atomic E-state index is 13.4. The first kappa shape index (κ1) is 16.5. The number of imide groups is 1. The number of hydrogen-bond acceptors (Lipinski definition) is 5. The SMILES string of the molecule is O=C1[C@@H]2[C@@H](c3ccccc3)c3sc(=O)[nH]c3S[C@@H]2C(=O)N1c1ccccc1. The molecule has 2 aromatic carbocycles. The fraction of sp³-hybridized carbons (Fsp3) is 0.150. The van der Waals surface area contributed by atoms with Crippen LogP contribution >= 0.6 is 23.1 Å². The average molecular weight is 394 g/mol. The molecule has 3 atom stereocenters. The Bertz CT molecular complexity index is 1090. The van der Waals surface area contributed by atoms with Gasteiger partial charge in [0.25, 0.3) is 0 Å². The van der Waals surface area contributed by atoms with Crippen molar-refractivity contribution in [2.24, 2.45) is 5.92 Å². The third-order valence-electron chi connectivity index (χ3n) is 5.00. The molecule has 134 valence electrons. The summed E-state index contributed by atoms with van der Waals surface area (Å²) < 4.78 is 0.